The van der Waals surface area contributed by atoms with E-state index in [4.69, 9.17) is 16.3 Å². The summed E-state index contributed by atoms with van der Waals surface area (Å²) in [5, 5.41) is 0. The molecule has 0 aromatic heterocycles. The van der Waals surface area contributed by atoms with Crippen LogP contribution in [0.5, 0.6) is 0 Å². The van der Waals surface area contributed by atoms with Crippen LogP contribution in [0.3, 0.4) is 0 Å². The van der Waals surface area contributed by atoms with Gasteiger partial charge in [0.2, 0.25) is 0 Å². The van der Waals surface area contributed by atoms with E-state index in [9.17, 15) is 0 Å². The minimum atomic E-state index is 0.341. The maximum atomic E-state index is 5.57. The fourth-order valence-corrected chi connectivity index (χ4v) is 1.22. The second kappa shape index (κ2) is 3.96. The van der Waals surface area contributed by atoms with Crippen molar-refractivity contribution in [2.75, 3.05) is 12.5 Å². The number of aliphatic imine (C=N–C) groups is 1. The van der Waals surface area contributed by atoms with Crippen LogP contribution in [0, 0.1) is 5.92 Å². The van der Waals surface area contributed by atoms with Gasteiger partial charge in [-0.25, -0.2) is 4.99 Å². The quantitative estimate of drug-likeness (QED) is 0.602. The van der Waals surface area contributed by atoms with E-state index in [1.807, 2.05) is 0 Å². The Bertz CT molecular complexity index is 158. The largest absolute Gasteiger partial charge is 0.478 e. The summed E-state index contributed by atoms with van der Waals surface area (Å²) in [6.07, 6.45) is 1.15. The molecule has 0 saturated carbocycles. The normalized spacial score (nSPS) is 26.1. The molecule has 0 fully saturated rings. The molecule has 0 radical (unpaired) electrons. The van der Waals surface area contributed by atoms with Gasteiger partial charge in [0.15, 0.2) is 5.90 Å². The van der Waals surface area contributed by atoms with Crippen molar-refractivity contribution in [1.29, 1.82) is 0 Å². The van der Waals surface area contributed by atoms with E-state index in [-0.39, 0.29) is 0 Å². The molecule has 2 atom stereocenters. The molecule has 3 heteroatoms. The van der Waals surface area contributed by atoms with E-state index < -0.39 is 0 Å². The zero-order valence-corrected chi connectivity index (χ0v) is 7.77. The van der Waals surface area contributed by atoms with E-state index in [2.05, 4.69) is 18.8 Å². The molecule has 1 aliphatic heterocycles. The molecule has 64 valence electrons. The van der Waals surface area contributed by atoms with E-state index >= 15 is 0 Å². The maximum absolute atomic E-state index is 5.57. The van der Waals surface area contributed by atoms with Gasteiger partial charge in [-0.1, -0.05) is 20.3 Å². The second-order valence-electron chi connectivity index (χ2n) is 2.92. The minimum Gasteiger partial charge on any atom is -0.478 e. The topological polar surface area (TPSA) is 21.6 Å². The lowest BCUT2D eigenvalue weighted by molar-refractivity contribution is 0.281. The average Bonchev–Trinajstić information content (AvgIpc) is 2.50. The third-order valence-electron chi connectivity index (χ3n) is 2.15. The van der Waals surface area contributed by atoms with E-state index in [0.717, 1.165) is 13.0 Å². The van der Waals surface area contributed by atoms with Gasteiger partial charge in [-0.3, -0.25) is 0 Å². The van der Waals surface area contributed by atoms with Gasteiger partial charge < -0.3 is 4.74 Å². The highest BCUT2D eigenvalue weighted by atomic mass is 35.5. The van der Waals surface area contributed by atoms with Crippen LogP contribution in [-0.4, -0.2) is 24.4 Å². The SMILES string of the molecule is CCC(C)C1COC(CCl)=N1. The Hall–Kier alpha value is -0.240. The Morgan fingerprint density at radius 2 is 2.55 bits per heavy atom. The van der Waals surface area contributed by atoms with Crippen LogP contribution in [0.2, 0.25) is 0 Å². The summed E-state index contributed by atoms with van der Waals surface area (Å²) in [6.45, 7) is 5.07. The Balaban J connectivity index is 2.45. The van der Waals surface area contributed by atoms with Gasteiger partial charge in [-0.2, -0.15) is 0 Å². The molecule has 0 saturated heterocycles. The number of alkyl halides is 1. The van der Waals surface area contributed by atoms with Crippen molar-refractivity contribution in [2.24, 2.45) is 10.9 Å². The Morgan fingerprint density at radius 1 is 1.82 bits per heavy atom. The highest BCUT2D eigenvalue weighted by molar-refractivity contribution is 6.27. The van der Waals surface area contributed by atoms with Gasteiger partial charge in [-0.05, 0) is 5.92 Å². The second-order valence-corrected chi connectivity index (χ2v) is 3.19. The van der Waals surface area contributed by atoms with E-state index in [1.54, 1.807) is 0 Å². The molecule has 1 rings (SSSR count). The molecule has 0 aliphatic carbocycles. The summed E-state index contributed by atoms with van der Waals surface area (Å²) < 4.78 is 5.26. The number of ether oxygens (including phenoxy) is 1. The highest BCUT2D eigenvalue weighted by Crippen LogP contribution is 2.17. The molecular weight excluding hydrogens is 162 g/mol. The highest BCUT2D eigenvalue weighted by Gasteiger charge is 2.22. The number of halogens is 1. The molecule has 11 heavy (non-hydrogen) atoms. The van der Waals surface area contributed by atoms with Gasteiger partial charge in [0, 0.05) is 0 Å². The third-order valence-corrected chi connectivity index (χ3v) is 2.37. The first kappa shape index (κ1) is 8.85. The van der Waals surface area contributed by atoms with Crippen LogP contribution < -0.4 is 0 Å². The molecule has 0 aromatic carbocycles. The first-order chi connectivity index (χ1) is 5.27. The van der Waals surface area contributed by atoms with Crippen molar-refractivity contribution >= 4 is 17.5 Å². The molecule has 1 heterocycles. The lowest BCUT2D eigenvalue weighted by Gasteiger charge is -2.11. The van der Waals surface area contributed by atoms with Crippen LogP contribution in [0.25, 0.3) is 0 Å². The van der Waals surface area contributed by atoms with Crippen LogP contribution >= 0.6 is 11.6 Å². The molecule has 0 bridgehead atoms. The maximum Gasteiger partial charge on any atom is 0.199 e. The molecule has 0 N–H and O–H groups in total. The molecular formula is C8H14ClNO. The Kier molecular flexibility index (Phi) is 3.18. The monoisotopic (exact) mass is 175 g/mol. The molecule has 1 aliphatic rings. The van der Waals surface area contributed by atoms with Crippen LogP contribution in [0.1, 0.15) is 20.3 Å². The molecule has 0 amide bonds. The zero-order valence-electron chi connectivity index (χ0n) is 7.01. The van der Waals surface area contributed by atoms with Crippen molar-refractivity contribution in [2.45, 2.75) is 26.3 Å². The molecule has 0 aromatic rings. The van der Waals surface area contributed by atoms with Crippen LogP contribution in [0.4, 0.5) is 0 Å². The predicted molar refractivity (Wildman–Crippen MR) is 47.4 cm³/mol. The summed E-state index contributed by atoms with van der Waals surface area (Å²) in [5.41, 5.74) is 0. The fourth-order valence-electron chi connectivity index (χ4n) is 1.08. The van der Waals surface area contributed by atoms with Crippen molar-refractivity contribution in [3.8, 4) is 0 Å². The van der Waals surface area contributed by atoms with Crippen molar-refractivity contribution < 1.29 is 4.74 Å². The van der Waals surface area contributed by atoms with Gasteiger partial charge in [0.1, 0.15) is 6.61 Å². The molecule has 2 unspecified atom stereocenters. The summed E-state index contributed by atoms with van der Waals surface area (Å²) in [7, 11) is 0. The van der Waals surface area contributed by atoms with Gasteiger partial charge in [0.05, 0.1) is 11.9 Å². The van der Waals surface area contributed by atoms with Crippen LogP contribution in [-0.2, 0) is 4.74 Å². The summed E-state index contributed by atoms with van der Waals surface area (Å²) >= 11 is 5.57. The average molecular weight is 176 g/mol. The summed E-state index contributed by atoms with van der Waals surface area (Å²) in [4.78, 5) is 4.34. The lowest BCUT2D eigenvalue weighted by atomic mass is 10.0. The molecule has 2 nitrogen and oxygen atoms in total. The van der Waals surface area contributed by atoms with Crippen LogP contribution in [0.15, 0.2) is 4.99 Å². The number of nitrogens with zero attached hydrogens (tertiary/aromatic N) is 1. The predicted octanol–water partition coefficient (Wildman–Crippen LogP) is 2.07. The first-order valence-corrected chi connectivity index (χ1v) is 4.56. The standard InChI is InChI=1S/C8H14ClNO/c1-3-6(2)7-5-11-8(4-9)10-7/h6-7H,3-5H2,1-2H3. The van der Waals surface area contributed by atoms with Crippen molar-refractivity contribution in [1.82, 2.24) is 0 Å². The van der Waals surface area contributed by atoms with E-state index in [0.29, 0.717) is 23.7 Å². The fraction of sp³-hybridized carbons (Fsp3) is 0.875. The summed E-state index contributed by atoms with van der Waals surface area (Å²) in [6, 6.07) is 0.341. The third kappa shape index (κ3) is 2.09. The van der Waals surface area contributed by atoms with Gasteiger partial charge >= 0.3 is 0 Å². The van der Waals surface area contributed by atoms with E-state index in [1.165, 1.54) is 0 Å². The lowest BCUT2D eigenvalue weighted by Crippen LogP contribution is -2.16. The summed E-state index contributed by atoms with van der Waals surface area (Å²) in [5.74, 6) is 1.72. The number of rotatable bonds is 3. The Morgan fingerprint density at radius 3 is 3.00 bits per heavy atom. The first-order valence-electron chi connectivity index (χ1n) is 4.03. The number of hydrogen-bond donors (Lipinski definition) is 0. The zero-order chi connectivity index (χ0) is 8.27. The number of hydrogen-bond acceptors (Lipinski definition) is 2. The van der Waals surface area contributed by atoms with Gasteiger partial charge in [-0.15, -0.1) is 11.6 Å². The molecule has 0 spiro atoms. The smallest absolute Gasteiger partial charge is 0.199 e. The van der Waals surface area contributed by atoms with Crippen molar-refractivity contribution in [3.63, 3.8) is 0 Å². The minimum absolute atomic E-state index is 0.341. The van der Waals surface area contributed by atoms with Crippen molar-refractivity contribution in [3.05, 3.63) is 0 Å². The van der Waals surface area contributed by atoms with Gasteiger partial charge in [0.25, 0.3) is 0 Å². The Labute approximate surface area is 72.6 Å².